The van der Waals surface area contributed by atoms with Gasteiger partial charge in [-0.15, -0.1) is 0 Å². The van der Waals surface area contributed by atoms with Crippen LogP contribution in [0.3, 0.4) is 0 Å². The van der Waals surface area contributed by atoms with Crippen LogP contribution in [0.4, 0.5) is 0 Å². The van der Waals surface area contributed by atoms with Crippen molar-refractivity contribution in [2.24, 2.45) is 17.2 Å². The van der Waals surface area contributed by atoms with Gasteiger partial charge >= 0.3 is 5.97 Å². The molecule has 1 rings (SSSR count). The number of aliphatic carboxylic acids is 1. The maximum atomic E-state index is 13.4. The molecule has 22 nitrogen and oxygen atoms in total. The summed E-state index contributed by atoms with van der Waals surface area (Å²) in [6, 6.07) is -10.4. The summed E-state index contributed by atoms with van der Waals surface area (Å²) in [5.41, 5.74) is 16.2. The predicted octanol–water partition coefficient (Wildman–Crippen LogP) is -6.49. The van der Waals surface area contributed by atoms with Crippen molar-refractivity contribution in [1.82, 2.24) is 31.5 Å². The van der Waals surface area contributed by atoms with E-state index < -0.39 is 140 Å². The zero-order valence-electron chi connectivity index (χ0n) is 29.4. The number of aliphatic hydroxyl groups excluding tert-OH is 3. The molecule has 1 aliphatic rings. The van der Waals surface area contributed by atoms with Gasteiger partial charge in [0.2, 0.25) is 47.3 Å². The number of nitrogens with one attached hydrogen (secondary N) is 5. The Morgan fingerprint density at radius 3 is 1.65 bits per heavy atom. The summed E-state index contributed by atoms with van der Waals surface area (Å²) in [7, 11) is 0. The number of aliphatic hydroxyl groups is 3. The summed E-state index contributed by atoms with van der Waals surface area (Å²) in [4.78, 5) is 114. The van der Waals surface area contributed by atoms with Crippen LogP contribution in [0, 0.1) is 0 Å². The quantitative estimate of drug-likeness (QED) is 0.0520. The third kappa shape index (κ3) is 14.0. The third-order valence-corrected chi connectivity index (χ3v) is 8.14. The second-order valence-corrected chi connectivity index (χ2v) is 12.6. The Morgan fingerprint density at radius 1 is 0.673 bits per heavy atom. The lowest BCUT2D eigenvalue weighted by Crippen LogP contribution is -2.63. The lowest BCUT2D eigenvalue weighted by Gasteiger charge is -2.31. The van der Waals surface area contributed by atoms with Gasteiger partial charge in [-0.05, 0) is 53.4 Å². The fourth-order valence-electron chi connectivity index (χ4n) is 5.05. The van der Waals surface area contributed by atoms with E-state index in [4.69, 9.17) is 22.3 Å². The van der Waals surface area contributed by atoms with E-state index in [0.29, 0.717) is 6.42 Å². The lowest BCUT2D eigenvalue weighted by atomic mass is 10.1. The highest BCUT2D eigenvalue weighted by Crippen LogP contribution is 2.19. The van der Waals surface area contributed by atoms with Gasteiger partial charge < -0.3 is 69.1 Å². The van der Waals surface area contributed by atoms with Gasteiger partial charge in [0.25, 0.3) is 0 Å². The Kier molecular flexibility index (Phi) is 18.0. The Morgan fingerprint density at radius 2 is 1.17 bits per heavy atom. The fourth-order valence-corrected chi connectivity index (χ4v) is 5.05. The van der Waals surface area contributed by atoms with Crippen LogP contribution < -0.4 is 43.8 Å². The zero-order valence-corrected chi connectivity index (χ0v) is 29.4. The molecule has 0 spiro atoms. The molecule has 10 atom stereocenters. The molecule has 1 fully saturated rings. The Labute approximate surface area is 298 Å². The predicted molar refractivity (Wildman–Crippen MR) is 178 cm³/mol. The first-order valence-electron chi connectivity index (χ1n) is 16.5. The summed E-state index contributed by atoms with van der Waals surface area (Å²) in [6.07, 6.45) is -5.60. The number of primary amides is 2. The SMILES string of the molecule is C[C@H](NC(=O)[C@H](CCC(=O)O)NC(=O)[C@@H](N)[C@@H](C)O)C(=O)N[C@@H](CCC(N)=O)C(=O)N[C@H](C(=O)N[C@H](C(=O)N1CCC[C@H]1C(N)=O)[C@@H](C)O)[C@@H](C)O. The maximum Gasteiger partial charge on any atom is 0.303 e. The van der Waals surface area contributed by atoms with Crippen LogP contribution in [0.1, 0.15) is 66.2 Å². The average molecular weight is 746 g/mol. The van der Waals surface area contributed by atoms with Gasteiger partial charge in [-0.25, -0.2) is 0 Å². The van der Waals surface area contributed by atoms with E-state index in [0.717, 1.165) is 11.8 Å². The second-order valence-electron chi connectivity index (χ2n) is 12.6. The Bertz CT molecular complexity index is 1340. The van der Waals surface area contributed by atoms with Crippen molar-refractivity contribution in [1.29, 1.82) is 0 Å². The van der Waals surface area contributed by atoms with E-state index in [2.05, 4.69) is 26.6 Å². The smallest absolute Gasteiger partial charge is 0.303 e. The summed E-state index contributed by atoms with van der Waals surface area (Å²) < 4.78 is 0. The number of carbonyl (C=O) groups is 9. The molecule has 1 heterocycles. The van der Waals surface area contributed by atoms with Crippen molar-refractivity contribution in [2.75, 3.05) is 6.54 Å². The minimum atomic E-state index is -1.79. The highest BCUT2D eigenvalue weighted by Gasteiger charge is 2.40. The molecule has 0 aromatic rings. The number of nitrogens with two attached hydrogens (primary N) is 3. The van der Waals surface area contributed by atoms with E-state index in [1.165, 1.54) is 20.8 Å². The van der Waals surface area contributed by atoms with Crippen molar-refractivity contribution >= 4 is 53.2 Å². The van der Waals surface area contributed by atoms with Crippen LogP contribution in [0.25, 0.3) is 0 Å². The summed E-state index contributed by atoms with van der Waals surface area (Å²) in [5, 5.41) is 50.6. The van der Waals surface area contributed by atoms with Crippen LogP contribution in [0.5, 0.6) is 0 Å². The zero-order chi connectivity index (χ0) is 40.0. The number of carboxylic acid groups (broad SMARTS) is 1. The Hall–Kier alpha value is -4.93. The van der Waals surface area contributed by atoms with Crippen molar-refractivity contribution in [2.45, 2.75) is 127 Å². The van der Waals surface area contributed by atoms with Gasteiger partial charge in [0.15, 0.2) is 0 Å². The third-order valence-electron chi connectivity index (χ3n) is 8.14. The average Bonchev–Trinajstić information content (AvgIpc) is 3.55. The van der Waals surface area contributed by atoms with Crippen molar-refractivity contribution in [3.63, 3.8) is 0 Å². The number of carboxylic acids is 1. The molecule has 0 radical (unpaired) electrons. The van der Waals surface area contributed by atoms with E-state index in [9.17, 15) is 58.5 Å². The highest BCUT2D eigenvalue weighted by molar-refractivity contribution is 5.97. The van der Waals surface area contributed by atoms with Gasteiger partial charge in [0.05, 0.1) is 18.3 Å². The van der Waals surface area contributed by atoms with E-state index in [-0.39, 0.29) is 13.0 Å². The van der Waals surface area contributed by atoms with Crippen LogP contribution in [0.2, 0.25) is 0 Å². The standard InChI is InChI=1S/C30H51N9O13/c1-12(34-26(48)17(8-10-20(44)45)36-28(50)21(32)13(2)40)25(47)35-16(7-9-19(31)43)27(49)37-22(14(3)41)29(51)38-23(15(4)42)30(52)39-11-5-6-18(39)24(33)46/h12-18,21-23,40-42H,5-11,32H2,1-4H3,(H2,31,43)(H2,33,46)(H,34,48)(H,35,47)(H,36,50)(H,37,49)(H,38,51)(H,44,45)/t12-,13+,14+,15+,16-,17-,18-,21-,22-,23-/m0/s1. The molecule has 0 unspecified atom stereocenters. The number of hydrogen-bond acceptors (Lipinski definition) is 13. The number of nitrogens with zero attached hydrogens (tertiary/aromatic N) is 1. The first-order chi connectivity index (χ1) is 24.1. The normalized spacial score (nSPS) is 19.2. The van der Waals surface area contributed by atoms with Gasteiger partial charge in [-0.2, -0.15) is 0 Å². The minimum Gasteiger partial charge on any atom is -0.481 e. The largest absolute Gasteiger partial charge is 0.481 e. The van der Waals surface area contributed by atoms with E-state index >= 15 is 0 Å². The molecular weight excluding hydrogens is 694 g/mol. The number of hydrogen-bond donors (Lipinski definition) is 12. The van der Waals surface area contributed by atoms with Crippen molar-refractivity contribution in [3.8, 4) is 0 Å². The van der Waals surface area contributed by atoms with Crippen LogP contribution >= 0.6 is 0 Å². The number of amides is 8. The lowest BCUT2D eigenvalue weighted by molar-refractivity contribution is -0.144. The van der Waals surface area contributed by atoms with Crippen molar-refractivity contribution < 1.29 is 63.6 Å². The minimum absolute atomic E-state index is 0.122. The second kappa shape index (κ2) is 20.8. The van der Waals surface area contributed by atoms with Crippen LogP contribution in [-0.4, -0.2) is 146 Å². The molecule has 22 heteroatoms. The monoisotopic (exact) mass is 745 g/mol. The molecule has 15 N–H and O–H groups in total. The van der Waals surface area contributed by atoms with E-state index in [1.807, 2.05) is 0 Å². The van der Waals surface area contributed by atoms with Gasteiger partial charge in [-0.1, -0.05) is 0 Å². The van der Waals surface area contributed by atoms with Gasteiger partial charge in [-0.3, -0.25) is 43.2 Å². The van der Waals surface area contributed by atoms with Crippen LogP contribution in [-0.2, 0) is 43.2 Å². The molecule has 0 aromatic heterocycles. The number of likely N-dealkylation sites (tertiary alicyclic amines) is 1. The molecule has 0 bridgehead atoms. The number of carbonyl (C=O) groups excluding carboxylic acids is 8. The molecule has 0 aliphatic carbocycles. The summed E-state index contributed by atoms with van der Waals surface area (Å²) in [6.45, 7) is 4.83. The molecule has 52 heavy (non-hydrogen) atoms. The maximum absolute atomic E-state index is 13.4. The molecule has 1 saturated heterocycles. The molecule has 8 amide bonds. The molecule has 294 valence electrons. The highest BCUT2D eigenvalue weighted by atomic mass is 16.4. The topological polar surface area (TPSA) is 376 Å². The first-order valence-corrected chi connectivity index (χ1v) is 16.5. The van der Waals surface area contributed by atoms with Gasteiger partial charge in [0.1, 0.15) is 42.3 Å². The molecule has 0 aromatic carbocycles. The Balaban J connectivity index is 3.14. The number of rotatable bonds is 21. The first kappa shape index (κ1) is 45.1. The summed E-state index contributed by atoms with van der Waals surface area (Å²) in [5.74, 6) is -9.06. The van der Waals surface area contributed by atoms with Crippen molar-refractivity contribution in [3.05, 3.63) is 0 Å². The molecular formula is C30H51N9O13. The summed E-state index contributed by atoms with van der Waals surface area (Å²) >= 11 is 0. The van der Waals surface area contributed by atoms with E-state index in [1.54, 1.807) is 0 Å². The molecule has 1 aliphatic heterocycles. The van der Waals surface area contributed by atoms with Crippen LogP contribution in [0.15, 0.2) is 0 Å². The molecule has 0 saturated carbocycles. The fraction of sp³-hybridized carbons (Fsp3) is 0.700. The van der Waals surface area contributed by atoms with Gasteiger partial charge in [0, 0.05) is 19.4 Å².